The normalized spacial score (nSPS) is 14.1. The zero-order valence-corrected chi connectivity index (χ0v) is 9.07. The van der Waals surface area contributed by atoms with Crippen LogP contribution >= 0.6 is 15.9 Å². The van der Waals surface area contributed by atoms with Gasteiger partial charge in [0.1, 0.15) is 0 Å². The molecule has 1 saturated carbocycles. The molecular weight excluding hydrogens is 248 g/mol. The fourth-order valence-corrected chi connectivity index (χ4v) is 1.59. The Morgan fingerprint density at radius 1 is 1.36 bits per heavy atom. The van der Waals surface area contributed by atoms with E-state index in [1.54, 1.807) is 0 Å². The predicted molar refractivity (Wildman–Crippen MR) is 56.8 cm³/mol. The van der Waals surface area contributed by atoms with Crippen molar-refractivity contribution in [2.45, 2.75) is 18.8 Å². The molecule has 1 aliphatic carbocycles. The van der Waals surface area contributed by atoms with Crippen LogP contribution in [0.5, 0.6) is 0 Å². The lowest BCUT2D eigenvalue weighted by molar-refractivity contribution is 0.137. The van der Waals surface area contributed by atoms with Crippen molar-refractivity contribution in [2.24, 2.45) is 0 Å². The van der Waals surface area contributed by atoms with E-state index in [2.05, 4.69) is 40.2 Å². The summed E-state index contributed by atoms with van der Waals surface area (Å²) < 4.78 is 1.21. The summed E-state index contributed by atoms with van der Waals surface area (Å²) in [7, 11) is 0. The van der Waals surface area contributed by atoms with Crippen LogP contribution in [0.15, 0.2) is 28.7 Å². The van der Waals surface area contributed by atoms with E-state index in [-0.39, 0.29) is 0 Å². The van der Waals surface area contributed by atoms with Crippen molar-refractivity contribution in [3.05, 3.63) is 34.3 Å². The first-order valence-electron chi connectivity index (χ1n) is 4.27. The highest BCUT2D eigenvalue weighted by molar-refractivity contribution is 9.10. The highest BCUT2D eigenvalue weighted by Crippen LogP contribution is 2.40. The molecule has 3 nitrogen and oxygen atoms in total. The van der Waals surface area contributed by atoms with E-state index in [1.807, 2.05) is 0 Å². The lowest BCUT2D eigenvalue weighted by Crippen LogP contribution is -1.81. The van der Waals surface area contributed by atoms with Crippen molar-refractivity contribution in [3.63, 3.8) is 0 Å². The van der Waals surface area contributed by atoms with Gasteiger partial charge >= 0.3 is 6.16 Å². The SMILES string of the molecule is Brc1cccc(C2CC2)c1.O=C(O)O. The van der Waals surface area contributed by atoms with Crippen molar-refractivity contribution in [1.82, 2.24) is 0 Å². The largest absolute Gasteiger partial charge is 0.503 e. The molecule has 0 aromatic heterocycles. The Morgan fingerprint density at radius 3 is 2.36 bits per heavy atom. The van der Waals surface area contributed by atoms with Crippen LogP contribution in [0.25, 0.3) is 0 Å². The molecule has 0 amide bonds. The fraction of sp³-hybridized carbons (Fsp3) is 0.300. The topological polar surface area (TPSA) is 57.5 Å². The van der Waals surface area contributed by atoms with E-state index in [0.29, 0.717) is 0 Å². The minimum atomic E-state index is -1.83. The lowest BCUT2D eigenvalue weighted by Gasteiger charge is -1.96. The summed E-state index contributed by atoms with van der Waals surface area (Å²) in [5, 5.41) is 13.9. The second-order valence-corrected chi connectivity index (χ2v) is 4.03. The summed E-state index contributed by atoms with van der Waals surface area (Å²) in [5.41, 5.74) is 1.49. The number of hydrogen-bond acceptors (Lipinski definition) is 1. The molecule has 0 atom stereocenters. The van der Waals surface area contributed by atoms with E-state index in [4.69, 9.17) is 15.0 Å². The Balaban J connectivity index is 0.000000213. The van der Waals surface area contributed by atoms with Crippen LogP contribution in [-0.4, -0.2) is 16.4 Å². The number of carboxylic acid groups (broad SMARTS) is 2. The maximum absolute atomic E-state index is 8.56. The van der Waals surface area contributed by atoms with Crippen molar-refractivity contribution < 1.29 is 15.0 Å². The molecule has 4 heteroatoms. The smallest absolute Gasteiger partial charge is 0.450 e. The molecule has 0 saturated heterocycles. The third-order valence-corrected chi connectivity index (χ3v) is 2.39. The maximum atomic E-state index is 8.56. The van der Waals surface area contributed by atoms with Gasteiger partial charge in [-0.15, -0.1) is 0 Å². The molecule has 1 fully saturated rings. The summed E-state index contributed by atoms with van der Waals surface area (Å²) >= 11 is 3.46. The van der Waals surface area contributed by atoms with E-state index in [0.717, 1.165) is 5.92 Å². The van der Waals surface area contributed by atoms with Gasteiger partial charge in [-0.1, -0.05) is 28.1 Å². The molecule has 2 rings (SSSR count). The monoisotopic (exact) mass is 258 g/mol. The van der Waals surface area contributed by atoms with Crippen LogP contribution in [0, 0.1) is 0 Å². The summed E-state index contributed by atoms with van der Waals surface area (Å²) in [4.78, 5) is 8.56. The molecule has 0 spiro atoms. The first kappa shape index (κ1) is 11.0. The first-order valence-corrected chi connectivity index (χ1v) is 5.06. The molecule has 14 heavy (non-hydrogen) atoms. The quantitative estimate of drug-likeness (QED) is 0.810. The molecule has 0 heterocycles. The maximum Gasteiger partial charge on any atom is 0.503 e. The van der Waals surface area contributed by atoms with Crippen LogP contribution in [0.3, 0.4) is 0 Å². The number of rotatable bonds is 1. The molecule has 1 aromatic carbocycles. The Labute approximate surface area is 90.5 Å². The van der Waals surface area contributed by atoms with Gasteiger partial charge in [0.2, 0.25) is 0 Å². The van der Waals surface area contributed by atoms with E-state index >= 15 is 0 Å². The van der Waals surface area contributed by atoms with Gasteiger partial charge in [0.05, 0.1) is 0 Å². The lowest BCUT2D eigenvalue weighted by atomic mass is 10.1. The van der Waals surface area contributed by atoms with Gasteiger partial charge in [-0.2, -0.15) is 0 Å². The third-order valence-electron chi connectivity index (χ3n) is 1.90. The molecular formula is C10H11BrO3. The summed E-state index contributed by atoms with van der Waals surface area (Å²) in [6.07, 6.45) is 0.937. The van der Waals surface area contributed by atoms with Gasteiger partial charge in [0, 0.05) is 4.47 Å². The molecule has 0 bridgehead atoms. The first-order chi connectivity index (χ1) is 6.59. The zero-order valence-electron chi connectivity index (χ0n) is 7.48. The molecule has 0 unspecified atom stereocenters. The second-order valence-electron chi connectivity index (χ2n) is 3.11. The van der Waals surface area contributed by atoms with Gasteiger partial charge in [0.15, 0.2) is 0 Å². The average molecular weight is 259 g/mol. The number of carbonyl (C=O) groups is 1. The predicted octanol–water partition coefficient (Wildman–Crippen LogP) is 3.55. The van der Waals surface area contributed by atoms with Crippen LogP contribution in [0.2, 0.25) is 0 Å². The van der Waals surface area contributed by atoms with Gasteiger partial charge in [-0.05, 0) is 36.5 Å². The van der Waals surface area contributed by atoms with Gasteiger partial charge < -0.3 is 10.2 Å². The summed E-state index contributed by atoms with van der Waals surface area (Å²) in [6, 6.07) is 8.61. The Bertz CT molecular complexity index is 317. The van der Waals surface area contributed by atoms with Gasteiger partial charge in [-0.3, -0.25) is 0 Å². The molecule has 1 aliphatic rings. The van der Waals surface area contributed by atoms with E-state index in [1.165, 1.54) is 22.9 Å². The number of hydrogen-bond donors (Lipinski definition) is 2. The van der Waals surface area contributed by atoms with Crippen molar-refractivity contribution in [3.8, 4) is 0 Å². The number of benzene rings is 1. The minimum absolute atomic E-state index is 0.873. The molecule has 76 valence electrons. The average Bonchev–Trinajstić information content (AvgIpc) is 2.84. The van der Waals surface area contributed by atoms with Crippen LogP contribution in [0.4, 0.5) is 4.79 Å². The Kier molecular flexibility index (Phi) is 3.95. The van der Waals surface area contributed by atoms with E-state index < -0.39 is 6.16 Å². The van der Waals surface area contributed by atoms with Gasteiger partial charge in [-0.25, -0.2) is 4.79 Å². The number of halogens is 1. The van der Waals surface area contributed by atoms with Crippen LogP contribution in [0.1, 0.15) is 24.3 Å². The van der Waals surface area contributed by atoms with Crippen molar-refractivity contribution in [2.75, 3.05) is 0 Å². The molecule has 2 N–H and O–H groups in total. The van der Waals surface area contributed by atoms with Crippen molar-refractivity contribution >= 4 is 22.1 Å². The van der Waals surface area contributed by atoms with E-state index in [9.17, 15) is 0 Å². The van der Waals surface area contributed by atoms with Gasteiger partial charge in [0.25, 0.3) is 0 Å². The Hall–Kier alpha value is -1.03. The third kappa shape index (κ3) is 4.28. The van der Waals surface area contributed by atoms with Crippen LogP contribution < -0.4 is 0 Å². The fourth-order valence-electron chi connectivity index (χ4n) is 1.18. The van der Waals surface area contributed by atoms with Crippen LogP contribution in [-0.2, 0) is 0 Å². The summed E-state index contributed by atoms with van der Waals surface area (Å²) in [5.74, 6) is 0.873. The summed E-state index contributed by atoms with van der Waals surface area (Å²) in [6.45, 7) is 0. The van der Waals surface area contributed by atoms with Crippen molar-refractivity contribution in [1.29, 1.82) is 0 Å². The zero-order chi connectivity index (χ0) is 10.6. The highest BCUT2D eigenvalue weighted by Gasteiger charge is 2.22. The highest BCUT2D eigenvalue weighted by atomic mass is 79.9. The minimum Gasteiger partial charge on any atom is -0.450 e. The Morgan fingerprint density at radius 2 is 1.93 bits per heavy atom. The molecule has 1 aromatic rings. The second kappa shape index (κ2) is 5.00. The molecule has 0 aliphatic heterocycles. The molecule has 0 radical (unpaired) electrons. The standard InChI is InChI=1S/C9H9Br.CH2O3/c10-9-3-1-2-8(6-9)7-4-5-7;2-1(3)4/h1-3,6-7H,4-5H2;(H2,2,3,4).